The van der Waals surface area contributed by atoms with Crippen molar-refractivity contribution in [1.29, 1.82) is 0 Å². The molecule has 30 heavy (non-hydrogen) atoms. The topological polar surface area (TPSA) is 84.5 Å². The van der Waals surface area contributed by atoms with Crippen molar-refractivity contribution in [2.75, 3.05) is 24.7 Å². The summed E-state index contributed by atoms with van der Waals surface area (Å²) in [5.74, 6) is -0.955. The maximum atomic E-state index is 12.6. The molecule has 1 aromatic heterocycles. The van der Waals surface area contributed by atoms with Crippen molar-refractivity contribution in [2.45, 2.75) is 18.7 Å². The Morgan fingerprint density at radius 3 is 2.53 bits per heavy atom. The first-order valence-corrected chi connectivity index (χ1v) is 11.2. The third-order valence-corrected chi connectivity index (χ3v) is 6.60. The van der Waals surface area contributed by atoms with E-state index >= 15 is 0 Å². The molecule has 0 saturated carbocycles. The molecule has 6 nitrogen and oxygen atoms in total. The lowest BCUT2D eigenvalue weighted by molar-refractivity contribution is -0.113. The van der Waals surface area contributed by atoms with Crippen molar-refractivity contribution in [1.82, 2.24) is 5.32 Å². The van der Waals surface area contributed by atoms with Crippen LogP contribution in [-0.4, -0.2) is 37.2 Å². The Hall–Kier alpha value is -2.84. The van der Waals surface area contributed by atoms with Crippen LogP contribution in [-0.2, 0) is 9.53 Å². The second kappa shape index (κ2) is 9.77. The zero-order valence-corrected chi connectivity index (χ0v) is 18.5. The molecule has 2 amide bonds. The predicted octanol–water partition coefficient (Wildman–Crippen LogP) is 4.48. The van der Waals surface area contributed by atoms with Crippen molar-refractivity contribution in [3.8, 4) is 0 Å². The van der Waals surface area contributed by atoms with Crippen LogP contribution in [0.15, 0.2) is 47.4 Å². The maximum absolute atomic E-state index is 12.6. The van der Waals surface area contributed by atoms with Crippen molar-refractivity contribution >= 4 is 56.7 Å². The number of nitrogens with one attached hydrogen (secondary N) is 2. The van der Waals surface area contributed by atoms with Crippen molar-refractivity contribution in [3.63, 3.8) is 0 Å². The highest BCUT2D eigenvalue weighted by Gasteiger charge is 2.26. The van der Waals surface area contributed by atoms with E-state index in [0.29, 0.717) is 15.4 Å². The number of carbonyl (C=O) groups is 3. The molecule has 2 N–H and O–H groups in total. The molecular weight excluding hydrogens is 420 g/mol. The van der Waals surface area contributed by atoms with Gasteiger partial charge in [0.25, 0.3) is 5.91 Å². The first kappa shape index (κ1) is 21.9. The number of rotatable bonds is 7. The first-order valence-electron chi connectivity index (χ1n) is 9.38. The Labute approximate surface area is 183 Å². The number of anilines is 1. The Kier molecular flexibility index (Phi) is 7.12. The number of hydrogen-bond acceptors (Lipinski definition) is 6. The molecule has 1 heterocycles. The highest BCUT2D eigenvalue weighted by atomic mass is 32.2. The molecule has 2 aromatic carbocycles. The second-order valence-corrected chi connectivity index (χ2v) is 8.48. The van der Waals surface area contributed by atoms with Gasteiger partial charge in [-0.15, -0.1) is 23.1 Å². The van der Waals surface area contributed by atoms with E-state index in [2.05, 4.69) is 10.6 Å². The number of amides is 2. The number of ether oxygens (including phenoxy) is 1. The fourth-order valence-corrected chi connectivity index (χ4v) is 4.85. The summed E-state index contributed by atoms with van der Waals surface area (Å²) in [6.45, 7) is 3.58. The standard InChI is InChI=1S/C22H22N2O4S2/c1-4-28-22(27)18-13(2)19(20(26)23-3)30-21(18)24-17(25)12-29-16-10-9-14-7-5-6-8-15(14)11-16/h5-11H,4,12H2,1-3H3,(H,23,26)(H,24,25). The summed E-state index contributed by atoms with van der Waals surface area (Å²) < 4.78 is 5.11. The average molecular weight is 443 g/mol. The van der Waals surface area contributed by atoms with E-state index in [1.54, 1.807) is 13.8 Å². The van der Waals surface area contributed by atoms with E-state index in [-0.39, 0.29) is 29.7 Å². The van der Waals surface area contributed by atoms with E-state index in [0.717, 1.165) is 27.0 Å². The molecule has 0 aliphatic carbocycles. The number of hydrogen-bond donors (Lipinski definition) is 2. The highest BCUT2D eigenvalue weighted by Crippen LogP contribution is 2.34. The van der Waals surface area contributed by atoms with Gasteiger partial charge in [-0.3, -0.25) is 9.59 Å². The molecule has 0 spiro atoms. The number of esters is 1. The Balaban J connectivity index is 1.76. The number of thiophene rings is 1. The van der Waals surface area contributed by atoms with E-state index in [1.165, 1.54) is 18.8 Å². The third-order valence-electron chi connectivity index (χ3n) is 4.40. The van der Waals surface area contributed by atoms with Gasteiger partial charge in [0.2, 0.25) is 5.91 Å². The van der Waals surface area contributed by atoms with Gasteiger partial charge in [0, 0.05) is 11.9 Å². The van der Waals surface area contributed by atoms with Gasteiger partial charge in [-0.2, -0.15) is 0 Å². The summed E-state index contributed by atoms with van der Waals surface area (Å²) in [4.78, 5) is 38.4. The molecule has 0 aliphatic heterocycles. The minimum atomic E-state index is -0.557. The number of benzene rings is 2. The third kappa shape index (κ3) is 4.83. The average Bonchev–Trinajstić information content (AvgIpc) is 3.07. The molecule has 0 atom stereocenters. The summed E-state index contributed by atoms with van der Waals surface area (Å²) >= 11 is 2.48. The van der Waals surface area contributed by atoms with Gasteiger partial charge in [0.05, 0.1) is 22.8 Å². The van der Waals surface area contributed by atoms with Crippen molar-refractivity contribution < 1.29 is 19.1 Å². The molecule has 8 heteroatoms. The van der Waals surface area contributed by atoms with Crippen molar-refractivity contribution in [2.24, 2.45) is 0 Å². The maximum Gasteiger partial charge on any atom is 0.341 e. The molecular formula is C22H22N2O4S2. The van der Waals surface area contributed by atoms with Gasteiger partial charge in [-0.05, 0) is 42.3 Å². The fourth-order valence-electron chi connectivity index (χ4n) is 2.95. The quantitative estimate of drug-likeness (QED) is 0.416. The van der Waals surface area contributed by atoms with E-state index in [9.17, 15) is 14.4 Å². The van der Waals surface area contributed by atoms with E-state index in [4.69, 9.17) is 4.74 Å². The van der Waals surface area contributed by atoms with Crippen LogP contribution in [0.3, 0.4) is 0 Å². The van der Waals surface area contributed by atoms with Crippen LogP contribution >= 0.6 is 23.1 Å². The van der Waals surface area contributed by atoms with Gasteiger partial charge < -0.3 is 15.4 Å². The zero-order valence-electron chi connectivity index (χ0n) is 16.9. The molecule has 0 bridgehead atoms. The lowest BCUT2D eigenvalue weighted by Gasteiger charge is -2.07. The largest absolute Gasteiger partial charge is 0.462 e. The van der Waals surface area contributed by atoms with E-state index < -0.39 is 5.97 Å². The fraction of sp³-hybridized carbons (Fsp3) is 0.227. The van der Waals surface area contributed by atoms with Crippen LogP contribution in [0.25, 0.3) is 10.8 Å². The molecule has 0 unspecified atom stereocenters. The van der Waals surface area contributed by atoms with Gasteiger partial charge in [-0.25, -0.2) is 4.79 Å². The highest BCUT2D eigenvalue weighted by molar-refractivity contribution is 8.00. The zero-order chi connectivity index (χ0) is 21.7. The second-order valence-electron chi connectivity index (χ2n) is 6.41. The van der Waals surface area contributed by atoms with Crippen LogP contribution in [0.1, 0.15) is 32.5 Å². The molecule has 3 rings (SSSR count). The van der Waals surface area contributed by atoms with Crippen LogP contribution < -0.4 is 10.6 Å². The van der Waals surface area contributed by atoms with E-state index in [1.807, 2.05) is 42.5 Å². The molecule has 0 radical (unpaired) electrons. The summed E-state index contributed by atoms with van der Waals surface area (Å²) in [6, 6.07) is 14.1. The summed E-state index contributed by atoms with van der Waals surface area (Å²) in [5.41, 5.74) is 0.722. The summed E-state index contributed by atoms with van der Waals surface area (Å²) in [7, 11) is 1.52. The van der Waals surface area contributed by atoms with Gasteiger partial charge in [0.1, 0.15) is 5.00 Å². The molecule has 3 aromatic rings. The minimum Gasteiger partial charge on any atom is -0.462 e. The lowest BCUT2D eigenvalue weighted by Crippen LogP contribution is -2.18. The normalized spacial score (nSPS) is 10.6. The molecule has 0 saturated heterocycles. The number of thioether (sulfide) groups is 1. The molecule has 0 fully saturated rings. The number of carbonyl (C=O) groups excluding carboxylic acids is 3. The van der Waals surface area contributed by atoms with Crippen LogP contribution in [0.2, 0.25) is 0 Å². The predicted molar refractivity (Wildman–Crippen MR) is 122 cm³/mol. The first-order chi connectivity index (χ1) is 14.4. The SMILES string of the molecule is CCOC(=O)c1c(NC(=O)CSc2ccc3ccccc3c2)sc(C(=O)NC)c1C. The van der Waals surface area contributed by atoms with Crippen LogP contribution in [0.4, 0.5) is 5.00 Å². The van der Waals surface area contributed by atoms with Gasteiger partial charge in [0.15, 0.2) is 0 Å². The van der Waals surface area contributed by atoms with Gasteiger partial charge in [-0.1, -0.05) is 30.3 Å². The van der Waals surface area contributed by atoms with Crippen LogP contribution in [0, 0.1) is 6.92 Å². The Bertz CT molecular complexity index is 1110. The van der Waals surface area contributed by atoms with Crippen molar-refractivity contribution in [3.05, 3.63) is 58.5 Å². The monoisotopic (exact) mass is 442 g/mol. The van der Waals surface area contributed by atoms with Crippen LogP contribution in [0.5, 0.6) is 0 Å². The lowest BCUT2D eigenvalue weighted by atomic mass is 10.1. The molecule has 156 valence electrons. The minimum absolute atomic E-state index is 0.173. The Morgan fingerprint density at radius 1 is 1.10 bits per heavy atom. The number of fused-ring (bicyclic) bond motifs is 1. The van der Waals surface area contributed by atoms with Gasteiger partial charge >= 0.3 is 5.97 Å². The molecule has 0 aliphatic rings. The summed E-state index contributed by atoms with van der Waals surface area (Å²) in [6.07, 6.45) is 0. The summed E-state index contributed by atoms with van der Waals surface area (Å²) in [5, 5.41) is 7.90. The Morgan fingerprint density at radius 2 is 1.83 bits per heavy atom. The smallest absolute Gasteiger partial charge is 0.341 e.